The van der Waals surface area contributed by atoms with E-state index in [1.165, 1.54) is 29.3 Å². The van der Waals surface area contributed by atoms with Crippen LogP contribution in [0.3, 0.4) is 0 Å². The maximum absolute atomic E-state index is 4.63. The van der Waals surface area contributed by atoms with Gasteiger partial charge < -0.3 is 0 Å². The molecule has 0 unspecified atom stereocenters. The van der Waals surface area contributed by atoms with Crippen molar-refractivity contribution in [3.05, 3.63) is 48.7 Å². The van der Waals surface area contributed by atoms with Crippen LogP contribution in [-0.2, 0) is 0 Å². The van der Waals surface area contributed by atoms with Crippen molar-refractivity contribution in [2.75, 3.05) is 0 Å². The maximum Gasteiger partial charge on any atom is 0.0856 e. The topological polar surface area (TPSA) is 12.9 Å². The summed E-state index contributed by atoms with van der Waals surface area (Å²) in [5.41, 5.74) is 2.30. The fourth-order valence-corrected chi connectivity index (χ4v) is 5.38. The van der Waals surface area contributed by atoms with Crippen LogP contribution in [0.2, 0.25) is 18.6 Å². The molecule has 1 aliphatic heterocycles. The first-order chi connectivity index (χ1) is 8.28. The van der Waals surface area contributed by atoms with Gasteiger partial charge in [-0.2, -0.15) is 0 Å². The first-order valence-corrected chi connectivity index (χ1v) is 9.21. The molecular formula is C15H17NSi. The lowest BCUT2D eigenvalue weighted by atomic mass is 10.1. The van der Waals surface area contributed by atoms with Crippen LogP contribution in [0.25, 0.3) is 11.3 Å². The molecule has 1 fully saturated rings. The molecule has 2 aromatic rings. The molecule has 2 heteroatoms. The summed E-state index contributed by atoms with van der Waals surface area (Å²) in [5, 5.41) is 1.53. The fourth-order valence-electron chi connectivity index (χ4n) is 2.53. The zero-order chi connectivity index (χ0) is 11.7. The average molecular weight is 239 g/mol. The second kappa shape index (κ2) is 4.11. The molecule has 17 heavy (non-hydrogen) atoms. The number of benzene rings is 1. The smallest absolute Gasteiger partial charge is 0.0856 e. The van der Waals surface area contributed by atoms with Gasteiger partial charge in [0.15, 0.2) is 0 Å². The van der Waals surface area contributed by atoms with E-state index in [-0.39, 0.29) is 0 Å². The van der Waals surface area contributed by atoms with Crippen molar-refractivity contribution in [1.29, 1.82) is 0 Å². The third-order valence-corrected chi connectivity index (χ3v) is 8.59. The summed E-state index contributed by atoms with van der Waals surface area (Å²) in [6, 6.07) is 17.8. The minimum absolute atomic E-state index is 1.06. The molecule has 1 aromatic heterocycles. The van der Waals surface area contributed by atoms with Gasteiger partial charge in [-0.3, -0.25) is 4.98 Å². The number of hydrogen-bond donors (Lipinski definition) is 0. The van der Waals surface area contributed by atoms with Crippen LogP contribution in [-0.4, -0.2) is 13.1 Å². The highest BCUT2D eigenvalue weighted by Crippen LogP contribution is 2.31. The number of hydrogen-bond acceptors (Lipinski definition) is 1. The molecular weight excluding hydrogens is 222 g/mol. The van der Waals surface area contributed by atoms with Crippen molar-refractivity contribution < 1.29 is 0 Å². The molecule has 0 bridgehead atoms. The van der Waals surface area contributed by atoms with Crippen LogP contribution in [0.15, 0.2) is 48.7 Å². The summed E-state index contributed by atoms with van der Waals surface area (Å²) >= 11 is 0. The van der Waals surface area contributed by atoms with Crippen molar-refractivity contribution >= 4 is 13.3 Å². The molecule has 1 aliphatic rings. The molecule has 86 valence electrons. The van der Waals surface area contributed by atoms with Crippen molar-refractivity contribution in [3.63, 3.8) is 0 Å². The van der Waals surface area contributed by atoms with Gasteiger partial charge in [0.2, 0.25) is 0 Å². The van der Waals surface area contributed by atoms with E-state index >= 15 is 0 Å². The predicted molar refractivity (Wildman–Crippen MR) is 75.2 cm³/mol. The molecule has 0 N–H and O–H groups in total. The van der Waals surface area contributed by atoms with E-state index in [4.69, 9.17) is 0 Å². The van der Waals surface area contributed by atoms with Gasteiger partial charge in [0, 0.05) is 11.8 Å². The summed E-state index contributed by atoms with van der Waals surface area (Å²) < 4.78 is 0. The Morgan fingerprint density at radius 2 is 1.76 bits per heavy atom. The Balaban J connectivity index is 1.90. The molecule has 0 spiro atoms. The van der Waals surface area contributed by atoms with Crippen molar-refractivity contribution in [2.24, 2.45) is 0 Å². The normalized spacial score (nSPS) is 17.5. The van der Waals surface area contributed by atoms with Crippen LogP contribution in [0.4, 0.5) is 0 Å². The first-order valence-electron chi connectivity index (χ1n) is 6.30. The summed E-state index contributed by atoms with van der Waals surface area (Å²) in [7, 11) is -1.06. The molecule has 0 amide bonds. The second-order valence-corrected chi connectivity index (χ2v) is 9.91. The number of rotatable bonds is 2. The Kier molecular flexibility index (Phi) is 2.59. The highest BCUT2D eigenvalue weighted by Gasteiger charge is 2.36. The summed E-state index contributed by atoms with van der Waals surface area (Å²) in [5.74, 6) is 0. The molecule has 0 saturated carbocycles. The van der Waals surface area contributed by atoms with Gasteiger partial charge in [-0.05, 0) is 11.3 Å². The molecule has 1 aromatic carbocycles. The zero-order valence-electron chi connectivity index (χ0n) is 10.2. The van der Waals surface area contributed by atoms with Gasteiger partial charge in [0.1, 0.15) is 0 Å². The summed E-state index contributed by atoms with van der Waals surface area (Å²) in [4.78, 5) is 4.63. The highest BCUT2D eigenvalue weighted by molar-refractivity contribution is 6.92. The number of aromatic nitrogens is 1. The first kappa shape index (κ1) is 10.7. The lowest BCUT2D eigenvalue weighted by molar-refractivity contribution is 0.916. The van der Waals surface area contributed by atoms with Crippen LogP contribution >= 0.6 is 0 Å². The largest absolute Gasteiger partial charge is 0.256 e. The Bertz CT molecular complexity index is 500. The number of nitrogens with zero attached hydrogens (tertiary/aromatic N) is 1. The Labute approximate surface area is 104 Å². The van der Waals surface area contributed by atoms with Crippen molar-refractivity contribution in [1.82, 2.24) is 4.98 Å². The third kappa shape index (κ3) is 1.93. The van der Waals surface area contributed by atoms with E-state index in [0.717, 1.165) is 5.69 Å². The minimum Gasteiger partial charge on any atom is -0.256 e. The van der Waals surface area contributed by atoms with Gasteiger partial charge in [0.25, 0.3) is 0 Å². The predicted octanol–water partition coefficient (Wildman–Crippen LogP) is 3.44. The van der Waals surface area contributed by atoms with Gasteiger partial charge in [0.05, 0.1) is 13.8 Å². The second-order valence-electron chi connectivity index (χ2n) is 5.21. The Morgan fingerprint density at radius 3 is 2.29 bits per heavy atom. The van der Waals surface area contributed by atoms with Crippen LogP contribution < -0.4 is 5.19 Å². The molecule has 1 saturated heterocycles. The van der Waals surface area contributed by atoms with Crippen LogP contribution in [0.5, 0.6) is 0 Å². The Hall–Kier alpha value is -1.41. The third-order valence-electron chi connectivity index (χ3n) is 3.99. The van der Waals surface area contributed by atoms with Gasteiger partial charge in [-0.15, -0.1) is 0 Å². The van der Waals surface area contributed by atoms with E-state index < -0.39 is 8.07 Å². The van der Waals surface area contributed by atoms with Crippen molar-refractivity contribution in [3.8, 4) is 11.3 Å². The molecule has 0 atom stereocenters. The summed E-state index contributed by atoms with van der Waals surface area (Å²) in [6.45, 7) is 2.48. The zero-order valence-corrected chi connectivity index (χ0v) is 11.2. The Morgan fingerprint density at radius 1 is 1.00 bits per heavy atom. The molecule has 0 radical (unpaired) electrons. The fraction of sp³-hybridized carbons (Fsp3) is 0.267. The van der Waals surface area contributed by atoms with E-state index in [2.05, 4.69) is 54.1 Å². The molecule has 0 aliphatic carbocycles. The highest BCUT2D eigenvalue weighted by atomic mass is 28.3. The number of pyridine rings is 1. The standard InChI is InChI=1S/C15H17NSi/c1-17(10-5-11-17)14-8-9-15(16-12-14)13-6-3-2-4-7-13/h2-4,6-9,12H,5,10-11H2,1H3. The monoisotopic (exact) mass is 239 g/mol. The lowest BCUT2D eigenvalue weighted by Gasteiger charge is -2.36. The quantitative estimate of drug-likeness (QED) is 0.732. The molecule has 1 nitrogen and oxygen atoms in total. The average Bonchev–Trinajstić information content (AvgIpc) is 2.37. The SMILES string of the molecule is C[Si]1(c2ccc(-c3ccccc3)nc2)CCC1. The van der Waals surface area contributed by atoms with Gasteiger partial charge >= 0.3 is 0 Å². The van der Waals surface area contributed by atoms with E-state index in [9.17, 15) is 0 Å². The maximum atomic E-state index is 4.63. The van der Waals surface area contributed by atoms with Gasteiger partial charge in [-0.25, -0.2) is 0 Å². The molecule has 3 rings (SSSR count). The summed E-state index contributed by atoms with van der Waals surface area (Å²) in [6.07, 6.45) is 3.54. The van der Waals surface area contributed by atoms with Gasteiger partial charge in [-0.1, -0.05) is 61.5 Å². The van der Waals surface area contributed by atoms with Crippen LogP contribution in [0.1, 0.15) is 6.42 Å². The van der Waals surface area contributed by atoms with Crippen LogP contribution in [0, 0.1) is 0 Å². The van der Waals surface area contributed by atoms with E-state index in [1.54, 1.807) is 0 Å². The van der Waals surface area contributed by atoms with E-state index in [1.807, 2.05) is 6.07 Å². The van der Waals surface area contributed by atoms with Crippen molar-refractivity contribution in [2.45, 2.75) is 25.1 Å². The molecule has 2 heterocycles. The minimum atomic E-state index is -1.06. The lowest BCUT2D eigenvalue weighted by Crippen LogP contribution is -2.50. The van der Waals surface area contributed by atoms with E-state index in [0.29, 0.717) is 0 Å².